The summed E-state index contributed by atoms with van der Waals surface area (Å²) in [6.07, 6.45) is 0. The zero-order valence-electron chi connectivity index (χ0n) is 8.25. The van der Waals surface area contributed by atoms with Crippen LogP contribution < -0.4 is 0 Å². The van der Waals surface area contributed by atoms with Crippen LogP contribution in [0.15, 0.2) is 4.52 Å². The fourth-order valence-corrected chi connectivity index (χ4v) is 1.17. The van der Waals surface area contributed by atoms with Crippen molar-refractivity contribution in [3.63, 3.8) is 0 Å². The van der Waals surface area contributed by atoms with Crippen LogP contribution in [-0.2, 0) is 4.74 Å². The third-order valence-corrected chi connectivity index (χ3v) is 1.86. The van der Waals surface area contributed by atoms with Crippen LogP contribution in [0.1, 0.15) is 41.6 Å². The van der Waals surface area contributed by atoms with Crippen LogP contribution in [0, 0.1) is 6.92 Å². The van der Waals surface area contributed by atoms with E-state index in [9.17, 15) is 4.79 Å². The molecular weight excluding hydrogens is 170 g/mol. The molecule has 0 radical (unpaired) electrons. The van der Waals surface area contributed by atoms with Gasteiger partial charge in [-0.05, 0) is 6.92 Å². The fraction of sp³-hybridized carbons (Fsp3) is 0.556. The Bertz CT molecular complexity index is 315. The lowest BCUT2D eigenvalue weighted by Gasteiger charge is -1.99. The molecule has 0 aliphatic rings. The van der Waals surface area contributed by atoms with Crippen molar-refractivity contribution >= 4 is 5.97 Å². The van der Waals surface area contributed by atoms with E-state index in [-0.39, 0.29) is 11.6 Å². The molecule has 1 heterocycles. The summed E-state index contributed by atoms with van der Waals surface area (Å²) >= 11 is 0. The van der Waals surface area contributed by atoms with E-state index < -0.39 is 5.97 Å². The Morgan fingerprint density at radius 1 is 1.54 bits per heavy atom. The third kappa shape index (κ3) is 1.71. The highest BCUT2D eigenvalue weighted by Gasteiger charge is 2.20. The van der Waals surface area contributed by atoms with Crippen LogP contribution in [-0.4, -0.2) is 18.2 Å². The molecule has 0 saturated carbocycles. The first-order valence-electron chi connectivity index (χ1n) is 4.12. The Morgan fingerprint density at radius 3 is 2.54 bits per heavy atom. The standard InChI is InChI=1S/C9H13NO3/c1-5(2)8-6(3)7(10-13-8)9(11)12-4/h5H,1-4H3. The van der Waals surface area contributed by atoms with Gasteiger partial charge in [-0.25, -0.2) is 4.79 Å². The molecule has 72 valence electrons. The van der Waals surface area contributed by atoms with Gasteiger partial charge in [-0.15, -0.1) is 0 Å². The first-order valence-corrected chi connectivity index (χ1v) is 4.12. The first-order chi connectivity index (χ1) is 6.07. The van der Waals surface area contributed by atoms with Gasteiger partial charge in [0, 0.05) is 11.5 Å². The minimum Gasteiger partial charge on any atom is -0.464 e. The SMILES string of the molecule is COC(=O)c1noc(C(C)C)c1C. The van der Waals surface area contributed by atoms with E-state index in [1.807, 2.05) is 13.8 Å². The highest BCUT2D eigenvalue weighted by Crippen LogP contribution is 2.21. The van der Waals surface area contributed by atoms with Gasteiger partial charge in [0.25, 0.3) is 0 Å². The first kappa shape index (κ1) is 9.77. The number of esters is 1. The largest absolute Gasteiger partial charge is 0.464 e. The number of methoxy groups -OCH3 is 1. The molecule has 0 N–H and O–H groups in total. The monoisotopic (exact) mass is 183 g/mol. The molecule has 1 aromatic heterocycles. The van der Waals surface area contributed by atoms with Crippen LogP contribution in [0.2, 0.25) is 0 Å². The lowest BCUT2D eigenvalue weighted by atomic mass is 10.1. The molecule has 0 aliphatic carbocycles. The van der Waals surface area contributed by atoms with E-state index in [1.54, 1.807) is 6.92 Å². The van der Waals surface area contributed by atoms with Crippen molar-refractivity contribution in [2.75, 3.05) is 7.11 Å². The summed E-state index contributed by atoms with van der Waals surface area (Å²) < 4.78 is 9.58. The van der Waals surface area contributed by atoms with Gasteiger partial charge < -0.3 is 9.26 Å². The molecule has 4 nitrogen and oxygen atoms in total. The quantitative estimate of drug-likeness (QED) is 0.657. The second kappa shape index (κ2) is 3.60. The second-order valence-electron chi connectivity index (χ2n) is 3.17. The van der Waals surface area contributed by atoms with Gasteiger partial charge in [0.15, 0.2) is 5.69 Å². The molecule has 0 fully saturated rings. The van der Waals surface area contributed by atoms with Gasteiger partial charge >= 0.3 is 5.97 Å². The molecule has 0 unspecified atom stereocenters. The van der Waals surface area contributed by atoms with E-state index >= 15 is 0 Å². The summed E-state index contributed by atoms with van der Waals surface area (Å²) in [6, 6.07) is 0. The van der Waals surface area contributed by atoms with Gasteiger partial charge in [-0.1, -0.05) is 19.0 Å². The molecule has 0 bridgehead atoms. The molecule has 0 atom stereocenters. The predicted octanol–water partition coefficient (Wildman–Crippen LogP) is 1.89. The average molecular weight is 183 g/mol. The molecule has 0 aliphatic heterocycles. The van der Waals surface area contributed by atoms with Crippen molar-refractivity contribution in [1.29, 1.82) is 0 Å². The molecule has 1 rings (SSSR count). The van der Waals surface area contributed by atoms with E-state index in [0.29, 0.717) is 0 Å². The third-order valence-electron chi connectivity index (χ3n) is 1.86. The Labute approximate surface area is 76.9 Å². The fourth-order valence-electron chi connectivity index (χ4n) is 1.17. The van der Waals surface area contributed by atoms with E-state index in [1.165, 1.54) is 7.11 Å². The smallest absolute Gasteiger partial charge is 0.360 e. The molecule has 0 amide bonds. The highest BCUT2D eigenvalue weighted by atomic mass is 16.5. The summed E-state index contributed by atoms with van der Waals surface area (Å²) in [4.78, 5) is 11.1. The van der Waals surface area contributed by atoms with Crippen LogP contribution in [0.4, 0.5) is 0 Å². The molecule has 0 spiro atoms. The van der Waals surface area contributed by atoms with Crippen molar-refractivity contribution < 1.29 is 14.1 Å². The Morgan fingerprint density at radius 2 is 2.15 bits per heavy atom. The van der Waals surface area contributed by atoms with Crippen LogP contribution in [0.5, 0.6) is 0 Å². The minimum atomic E-state index is -0.451. The van der Waals surface area contributed by atoms with Crippen molar-refractivity contribution in [2.45, 2.75) is 26.7 Å². The predicted molar refractivity (Wildman–Crippen MR) is 46.7 cm³/mol. The van der Waals surface area contributed by atoms with Gasteiger partial charge in [-0.3, -0.25) is 0 Å². The number of hydrogen-bond donors (Lipinski definition) is 0. The van der Waals surface area contributed by atoms with Crippen molar-refractivity contribution in [3.8, 4) is 0 Å². The Hall–Kier alpha value is -1.32. The van der Waals surface area contributed by atoms with Crippen molar-refractivity contribution in [3.05, 3.63) is 17.0 Å². The number of carbonyl (C=O) groups excluding carboxylic acids is 1. The highest BCUT2D eigenvalue weighted by molar-refractivity contribution is 5.88. The minimum absolute atomic E-state index is 0.228. The van der Waals surface area contributed by atoms with E-state index in [4.69, 9.17) is 4.52 Å². The number of nitrogens with zero attached hydrogens (tertiary/aromatic N) is 1. The van der Waals surface area contributed by atoms with Crippen LogP contribution >= 0.6 is 0 Å². The van der Waals surface area contributed by atoms with E-state index in [0.717, 1.165) is 11.3 Å². The number of ether oxygens (including phenoxy) is 1. The maximum atomic E-state index is 11.1. The summed E-state index contributed by atoms with van der Waals surface area (Å²) in [6.45, 7) is 5.77. The van der Waals surface area contributed by atoms with Gasteiger partial charge in [0.2, 0.25) is 0 Å². The lowest BCUT2D eigenvalue weighted by molar-refractivity contribution is 0.0588. The summed E-state index contributed by atoms with van der Waals surface area (Å²) in [5, 5.41) is 3.66. The number of carbonyl (C=O) groups is 1. The summed E-state index contributed by atoms with van der Waals surface area (Å²) in [7, 11) is 1.32. The van der Waals surface area contributed by atoms with Crippen molar-refractivity contribution in [2.24, 2.45) is 0 Å². The van der Waals surface area contributed by atoms with Gasteiger partial charge in [-0.2, -0.15) is 0 Å². The second-order valence-corrected chi connectivity index (χ2v) is 3.17. The van der Waals surface area contributed by atoms with Gasteiger partial charge in [0.1, 0.15) is 5.76 Å². The average Bonchev–Trinajstić information content (AvgIpc) is 2.46. The topological polar surface area (TPSA) is 52.3 Å². The maximum absolute atomic E-state index is 11.1. The number of hydrogen-bond acceptors (Lipinski definition) is 4. The van der Waals surface area contributed by atoms with Crippen LogP contribution in [0.25, 0.3) is 0 Å². The Kier molecular flexibility index (Phi) is 2.70. The molecule has 0 aromatic carbocycles. The normalized spacial score (nSPS) is 10.5. The van der Waals surface area contributed by atoms with Crippen molar-refractivity contribution in [1.82, 2.24) is 5.16 Å². The lowest BCUT2D eigenvalue weighted by Crippen LogP contribution is -2.03. The molecule has 1 aromatic rings. The van der Waals surface area contributed by atoms with Gasteiger partial charge in [0.05, 0.1) is 7.11 Å². The summed E-state index contributed by atoms with van der Waals surface area (Å²) in [5.41, 5.74) is 1.04. The van der Waals surface area contributed by atoms with Crippen LogP contribution in [0.3, 0.4) is 0 Å². The summed E-state index contributed by atoms with van der Waals surface area (Å²) in [5.74, 6) is 0.513. The number of rotatable bonds is 2. The number of aromatic nitrogens is 1. The Balaban J connectivity index is 3.06. The zero-order chi connectivity index (χ0) is 10.0. The van der Waals surface area contributed by atoms with E-state index in [2.05, 4.69) is 9.89 Å². The molecule has 4 heteroatoms. The molecule has 0 saturated heterocycles. The maximum Gasteiger partial charge on any atom is 0.360 e. The molecular formula is C9H13NO3. The molecule has 13 heavy (non-hydrogen) atoms. The zero-order valence-corrected chi connectivity index (χ0v) is 8.25.